The lowest BCUT2D eigenvalue weighted by Crippen LogP contribution is -2.38. The molecule has 0 saturated carbocycles. The van der Waals surface area contributed by atoms with Crippen molar-refractivity contribution in [3.63, 3.8) is 0 Å². The van der Waals surface area contributed by atoms with Gasteiger partial charge in [0.15, 0.2) is 0 Å². The smallest absolute Gasteiger partial charge is 0.233 e. The molecule has 78 valence electrons. The normalized spacial score (nSPS) is 13.0. The Kier molecular flexibility index (Phi) is 6.54. The molecule has 0 spiro atoms. The van der Waals surface area contributed by atoms with Crippen molar-refractivity contribution in [3.8, 4) is 0 Å². The summed E-state index contributed by atoms with van der Waals surface area (Å²) in [4.78, 5) is 11.1. The molecule has 0 aliphatic heterocycles. The first-order chi connectivity index (χ1) is 6.02. The summed E-state index contributed by atoms with van der Waals surface area (Å²) in [5.74, 6) is 0.454. The second-order valence-corrected chi connectivity index (χ2v) is 3.68. The molecule has 0 aromatic rings. The SMILES string of the molecule is CC(C)CNC(=O)CNC[C@@H](C)O. The summed E-state index contributed by atoms with van der Waals surface area (Å²) in [6.07, 6.45) is -0.405. The summed E-state index contributed by atoms with van der Waals surface area (Å²) in [7, 11) is 0. The van der Waals surface area contributed by atoms with Crippen LogP contribution in [0.5, 0.6) is 0 Å². The molecule has 3 N–H and O–H groups in total. The molecule has 0 aliphatic carbocycles. The van der Waals surface area contributed by atoms with Crippen LogP contribution in [0, 0.1) is 5.92 Å². The molecule has 1 atom stereocenters. The summed E-state index contributed by atoms with van der Waals surface area (Å²) < 4.78 is 0. The number of carbonyl (C=O) groups excluding carboxylic acids is 1. The first-order valence-corrected chi connectivity index (χ1v) is 4.68. The average Bonchev–Trinajstić information content (AvgIpc) is 2.00. The van der Waals surface area contributed by atoms with Gasteiger partial charge in [-0.3, -0.25) is 4.79 Å². The van der Waals surface area contributed by atoms with Crippen LogP contribution in [0.15, 0.2) is 0 Å². The van der Waals surface area contributed by atoms with Gasteiger partial charge in [-0.1, -0.05) is 13.8 Å². The zero-order valence-corrected chi connectivity index (χ0v) is 8.63. The Balaban J connectivity index is 3.30. The number of hydrogen-bond acceptors (Lipinski definition) is 3. The Hall–Kier alpha value is -0.610. The fraction of sp³-hybridized carbons (Fsp3) is 0.889. The molecule has 0 bridgehead atoms. The number of nitrogens with one attached hydrogen (secondary N) is 2. The highest BCUT2D eigenvalue weighted by Gasteiger charge is 2.02. The van der Waals surface area contributed by atoms with E-state index in [0.717, 1.165) is 0 Å². The molecule has 1 amide bonds. The van der Waals surface area contributed by atoms with Crippen molar-refractivity contribution in [2.45, 2.75) is 26.9 Å². The lowest BCUT2D eigenvalue weighted by molar-refractivity contribution is -0.120. The zero-order chi connectivity index (χ0) is 10.3. The van der Waals surface area contributed by atoms with E-state index in [1.54, 1.807) is 6.92 Å². The molecule has 0 fully saturated rings. The van der Waals surface area contributed by atoms with E-state index in [0.29, 0.717) is 19.0 Å². The zero-order valence-electron chi connectivity index (χ0n) is 8.63. The lowest BCUT2D eigenvalue weighted by atomic mass is 10.2. The topological polar surface area (TPSA) is 61.4 Å². The maximum absolute atomic E-state index is 11.1. The Morgan fingerprint density at radius 3 is 2.38 bits per heavy atom. The standard InChI is InChI=1S/C9H20N2O2/c1-7(2)4-11-9(13)6-10-5-8(3)12/h7-8,10,12H,4-6H2,1-3H3,(H,11,13)/t8-/m1/s1. The molecule has 0 aromatic heterocycles. The first kappa shape index (κ1) is 12.4. The van der Waals surface area contributed by atoms with Crippen molar-refractivity contribution in [1.29, 1.82) is 0 Å². The van der Waals surface area contributed by atoms with Gasteiger partial charge in [0, 0.05) is 13.1 Å². The fourth-order valence-electron chi connectivity index (χ4n) is 0.775. The first-order valence-electron chi connectivity index (χ1n) is 4.68. The van der Waals surface area contributed by atoms with Gasteiger partial charge in [0.25, 0.3) is 0 Å². The maximum Gasteiger partial charge on any atom is 0.233 e. The van der Waals surface area contributed by atoms with Crippen molar-refractivity contribution in [2.24, 2.45) is 5.92 Å². The van der Waals surface area contributed by atoms with E-state index < -0.39 is 6.10 Å². The molecule has 13 heavy (non-hydrogen) atoms. The van der Waals surface area contributed by atoms with Crippen molar-refractivity contribution < 1.29 is 9.90 Å². The van der Waals surface area contributed by atoms with Gasteiger partial charge >= 0.3 is 0 Å². The minimum atomic E-state index is -0.405. The van der Waals surface area contributed by atoms with Crippen LogP contribution in [0.2, 0.25) is 0 Å². The second kappa shape index (κ2) is 6.86. The highest BCUT2D eigenvalue weighted by Crippen LogP contribution is 1.86. The van der Waals surface area contributed by atoms with Crippen LogP contribution in [0.4, 0.5) is 0 Å². The maximum atomic E-state index is 11.1. The Morgan fingerprint density at radius 2 is 1.92 bits per heavy atom. The van der Waals surface area contributed by atoms with E-state index in [1.165, 1.54) is 0 Å². The van der Waals surface area contributed by atoms with E-state index in [-0.39, 0.29) is 12.5 Å². The van der Waals surface area contributed by atoms with Gasteiger partial charge in [0.1, 0.15) is 0 Å². The minimum absolute atomic E-state index is 0.0191. The fourth-order valence-corrected chi connectivity index (χ4v) is 0.775. The summed E-state index contributed by atoms with van der Waals surface area (Å²) in [5.41, 5.74) is 0. The highest BCUT2D eigenvalue weighted by molar-refractivity contribution is 5.77. The van der Waals surface area contributed by atoms with Gasteiger partial charge in [-0.2, -0.15) is 0 Å². The van der Waals surface area contributed by atoms with Crippen LogP contribution in [-0.4, -0.2) is 36.8 Å². The number of aliphatic hydroxyl groups is 1. The molecular weight excluding hydrogens is 168 g/mol. The van der Waals surface area contributed by atoms with E-state index in [1.807, 2.05) is 13.8 Å². The minimum Gasteiger partial charge on any atom is -0.392 e. The van der Waals surface area contributed by atoms with Crippen LogP contribution >= 0.6 is 0 Å². The molecule has 0 unspecified atom stereocenters. The van der Waals surface area contributed by atoms with E-state index >= 15 is 0 Å². The Labute approximate surface area is 79.7 Å². The molecule has 0 radical (unpaired) electrons. The van der Waals surface area contributed by atoms with E-state index in [2.05, 4.69) is 10.6 Å². The number of carbonyl (C=O) groups is 1. The predicted molar refractivity (Wildman–Crippen MR) is 52.4 cm³/mol. The van der Waals surface area contributed by atoms with E-state index in [9.17, 15) is 4.79 Å². The monoisotopic (exact) mass is 188 g/mol. The molecule has 0 saturated heterocycles. The lowest BCUT2D eigenvalue weighted by Gasteiger charge is -2.09. The summed E-state index contributed by atoms with van der Waals surface area (Å²) in [6.45, 7) is 7.20. The Bertz CT molecular complexity index is 147. The van der Waals surface area contributed by atoms with Gasteiger partial charge in [0.2, 0.25) is 5.91 Å². The van der Waals surface area contributed by atoms with Gasteiger partial charge in [-0.25, -0.2) is 0 Å². The quantitative estimate of drug-likeness (QED) is 0.537. The molecule has 4 heteroatoms. The number of aliphatic hydroxyl groups excluding tert-OH is 1. The summed E-state index contributed by atoms with van der Waals surface area (Å²) in [5, 5.41) is 14.5. The highest BCUT2D eigenvalue weighted by atomic mass is 16.3. The average molecular weight is 188 g/mol. The van der Waals surface area contributed by atoms with Crippen molar-refractivity contribution in [3.05, 3.63) is 0 Å². The van der Waals surface area contributed by atoms with Crippen LogP contribution < -0.4 is 10.6 Å². The summed E-state index contributed by atoms with van der Waals surface area (Å²) >= 11 is 0. The third-order valence-electron chi connectivity index (χ3n) is 1.43. The molecule has 0 rings (SSSR count). The van der Waals surface area contributed by atoms with Crippen molar-refractivity contribution >= 4 is 5.91 Å². The molecule has 0 aromatic carbocycles. The van der Waals surface area contributed by atoms with Gasteiger partial charge in [0.05, 0.1) is 12.6 Å². The molecule has 4 nitrogen and oxygen atoms in total. The Morgan fingerprint density at radius 1 is 1.31 bits per heavy atom. The predicted octanol–water partition coefficient (Wildman–Crippen LogP) is -0.271. The second-order valence-electron chi connectivity index (χ2n) is 3.68. The van der Waals surface area contributed by atoms with Crippen LogP contribution in [0.3, 0.4) is 0 Å². The van der Waals surface area contributed by atoms with Crippen LogP contribution in [0.1, 0.15) is 20.8 Å². The number of rotatable bonds is 6. The summed E-state index contributed by atoms with van der Waals surface area (Å²) in [6, 6.07) is 0. The molecule has 0 heterocycles. The molecule has 0 aliphatic rings. The van der Waals surface area contributed by atoms with Gasteiger partial charge in [-0.15, -0.1) is 0 Å². The van der Waals surface area contributed by atoms with Crippen molar-refractivity contribution in [2.75, 3.05) is 19.6 Å². The number of amides is 1. The van der Waals surface area contributed by atoms with Crippen molar-refractivity contribution in [1.82, 2.24) is 10.6 Å². The van der Waals surface area contributed by atoms with Gasteiger partial charge in [-0.05, 0) is 12.8 Å². The number of hydrogen-bond donors (Lipinski definition) is 3. The third kappa shape index (κ3) is 9.30. The largest absolute Gasteiger partial charge is 0.392 e. The van der Waals surface area contributed by atoms with Crippen LogP contribution in [-0.2, 0) is 4.79 Å². The molecular formula is C9H20N2O2. The van der Waals surface area contributed by atoms with Gasteiger partial charge < -0.3 is 15.7 Å². The third-order valence-corrected chi connectivity index (χ3v) is 1.43. The van der Waals surface area contributed by atoms with Crippen LogP contribution in [0.25, 0.3) is 0 Å². The van der Waals surface area contributed by atoms with E-state index in [4.69, 9.17) is 5.11 Å².